The van der Waals surface area contributed by atoms with E-state index in [9.17, 15) is 14.9 Å². The van der Waals surface area contributed by atoms with Crippen molar-refractivity contribution in [1.82, 2.24) is 0 Å². The summed E-state index contributed by atoms with van der Waals surface area (Å²) >= 11 is 0. The first kappa shape index (κ1) is 14.5. The summed E-state index contributed by atoms with van der Waals surface area (Å²) in [5.41, 5.74) is 7.63. The van der Waals surface area contributed by atoms with Gasteiger partial charge in [-0.1, -0.05) is 12.1 Å². The van der Waals surface area contributed by atoms with Crippen molar-refractivity contribution in [3.63, 3.8) is 0 Å². The lowest BCUT2D eigenvalue weighted by molar-refractivity contribution is -0.384. The minimum atomic E-state index is -0.451. The smallest absolute Gasteiger partial charge is 0.269 e. The molecule has 1 amide bonds. The summed E-state index contributed by atoms with van der Waals surface area (Å²) in [6.45, 7) is 0.688. The maximum Gasteiger partial charge on any atom is 0.269 e. The molecule has 0 atom stereocenters. The molecule has 0 saturated heterocycles. The topological polar surface area (TPSA) is 98.3 Å². The van der Waals surface area contributed by atoms with E-state index in [-0.39, 0.29) is 5.69 Å². The minimum Gasteiger partial charge on any atom is -0.385 e. The molecular weight excluding hydrogens is 270 g/mol. The Morgan fingerprint density at radius 2 is 1.71 bits per heavy atom. The van der Waals surface area contributed by atoms with Gasteiger partial charge in [-0.2, -0.15) is 0 Å². The number of nitrogens with zero attached hydrogens (tertiary/aromatic N) is 1. The van der Waals surface area contributed by atoms with Crippen LogP contribution in [0.2, 0.25) is 0 Å². The monoisotopic (exact) mass is 285 g/mol. The second-order valence-corrected chi connectivity index (χ2v) is 4.54. The first-order valence-electron chi connectivity index (χ1n) is 6.43. The predicted octanol–water partition coefficient (Wildman–Crippen LogP) is 2.35. The van der Waals surface area contributed by atoms with Gasteiger partial charge in [-0.05, 0) is 36.2 Å². The number of hydrogen-bond acceptors (Lipinski definition) is 4. The summed E-state index contributed by atoms with van der Waals surface area (Å²) in [6, 6.07) is 13.4. The van der Waals surface area contributed by atoms with Crippen LogP contribution in [0.25, 0.3) is 0 Å². The van der Waals surface area contributed by atoms with Gasteiger partial charge in [0.15, 0.2) is 0 Å². The van der Waals surface area contributed by atoms with Crippen molar-refractivity contribution in [2.45, 2.75) is 6.42 Å². The second kappa shape index (κ2) is 6.51. The Morgan fingerprint density at radius 1 is 1.10 bits per heavy atom. The fourth-order valence-electron chi connectivity index (χ4n) is 1.89. The molecule has 0 fully saturated rings. The van der Waals surface area contributed by atoms with Gasteiger partial charge in [0.1, 0.15) is 0 Å². The number of hydrogen-bond donors (Lipinski definition) is 2. The molecule has 2 aromatic carbocycles. The second-order valence-electron chi connectivity index (χ2n) is 4.54. The molecule has 0 aromatic heterocycles. The van der Waals surface area contributed by atoms with Crippen molar-refractivity contribution >= 4 is 17.3 Å². The van der Waals surface area contributed by atoms with Crippen LogP contribution in [-0.2, 0) is 6.42 Å². The molecule has 0 aliphatic carbocycles. The van der Waals surface area contributed by atoms with E-state index in [0.717, 1.165) is 17.7 Å². The Bertz CT molecular complexity index is 579. The third-order valence-electron chi connectivity index (χ3n) is 3.06. The van der Waals surface area contributed by atoms with Crippen LogP contribution in [0.4, 0.5) is 11.4 Å². The third-order valence-corrected chi connectivity index (χ3v) is 3.06. The van der Waals surface area contributed by atoms with Crippen LogP contribution in [0.5, 0.6) is 0 Å². The van der Waals surface area contributed by atoms with Gasteiger partial charge in [0.25, 0.3) is 5.69 Å². The quantitative estimate of drug-likeness (QED) is 0.628. The van der Waals surface area contributed by atoms with Crippen LogP contribution < -0.4 is 11.1 Å². The minimum absolute atomic E-state index is 0.0914. The highest BCUT2D eigenvalue weighted by atomic mass is 16.6. The van der Waals surface area contributed by atoms with Gasteiger partial charge >= 0.3 is 0 Å². The zero-order valence-electron chi connectivity index (χ0n) is 11.3. The van der Waals surface area contributed by atoms with Crippen LogP contribution in [0, 0.1) is 10.1 Å². The lowest BCUT2D eigenvalue weighted by atomic mass is 10.1. The number of anilines is 1. The maximum absolute atomic E-state index is 10.9. The average molecular weight is 285 g/mol. The van der Waals surface area contributed by atoms with Gasteiger partial charge < -0.3 is 11.1 Å². The molecule has 0 saturated carbocycles. The molecule has 108 valence electrons. The van der Waals surface area contributed by atoms with Crippen LogP contribution in [0.1, 0.15) is 15.9 Å². The van der Waals surface area contributed by atoms with E-state index in [4.69, 9.17) is 5.73 Å². The lowest BCUT2D eigenvalue weighted by Gasteiger charge is -2.07. The van der Waals surface area contributed by atoms with Crippen molar-refractivity contribution in [3.05, 3.63) is 69.8 Å². The van der Waals surface area contributed by atoms with Crippen LogP contribution in [0.15, 0.2) is 48.5 Å². The number of rotatable bonds is 6. The summed E-state index contributed by atoms with van der Waals surface area (Å²) in [4.78, 5) is 21.1. The fraction of sp³-hybridized carbons (Fsp3) is 0.133. The van der Waals surface area contributed by atoms with Crippen molar-refractivity contribution in [1.29, 1.82) is 0 Å². The first-order valence-corrected chi connectivity index (χ1v) is 6.43. The van der Waals surface area contributed by atoms with Gasteiger partial charge in [0, 0.05) is 29.9 Å². The number of nitro benzene ring substituents is 1. The largest absolute Gasteiger partial charge is 0.385 e. The molecule has 0 spiro atoms. The molecule has 0 bridgehead atoms. The zero-order valence-corrected chi connectivity index (χ0v) is 11.3. The normalized spacial score (nSPS) is 10.1. The number of carbonyl (C=O) groups is 1. The molecular formula is C15H15N3O3. The summed E-state index contributed by atoms with van der Waals surface area (Å²) < 4.78 is 0. The van der Waals surface area contributed by atoms with Gasteiger partial charge in [0.2, 0.25) is 5.91 Å². The Balaban J connectivity index is 1.86. The molecule has 21 heavy (non-hydrogen) atoms. The highest BCUT2D eigenvalue weighted by Gasteiger charge is 2.04. The van der Waals surface area contributed by atoms with Crippen LogP contribution in [-0.4, -0.2) is 17.4 Å². The molecule has 0 unspecified atom stereocenters. The fourth-order valence-corrected chi connectivity index (χ4v) is 1.89. The summed E-state index contributed by atoms with van der Waals surface area (Å²) in [6.07, 6.45) is 0.746. The van der Waals surface area contributed by atoms with Crippen molar-refractivity contribution in [2.24, 2.45) is 5.73 Å². The number of benzene rings is 2. The van der Waals surface area contributed by atoms with Gasteiger partial charge in [-0.15, -0.1) is 0 Å². The number of non-ortho nitro benzene ring substituents is 1. The van der Waals surface area contributed by atoms with E-state index >= 15 is 0 Å². The number of primary amides is 1. The van der Waals surface area contributed by atoms with E-state index in [0.29, 0.717) is 12.1 Å². The molecule has 0 aliphatic heterocycles. The average Bonchev–Trinajstić information content (AvgIpc) is 2.48. The van der Waals surface area contributed by atoms with Crippen LogP contribution >= 0.6 is 0 Å². The number of amides is 1. The van der Waals surface area contributed by atoms with Crippen molar-refractivity contribution in [2.75, 3.05) is 11.9 Å². The van der Waals surface area contributed by atoms with E-state index in [1.807, 2.05) is 0 Å². The molecule has 0 heterocycles. The van der Waals surface area contributed by atoms with Gasteiger partial charge in [-0.3, -0.25) is 14.9 Å². The maximum atomic E-state index is 10.9. The number of nitrogens with two attached hydrogens (primary N) is 1. The summed E-state index contributed by atoms with van der Waals surface area (Å²) in [7, 11) is 0. The SMILES string of the molecule is NC(=O)c1ccc(NCCc2ccc([N+](=O)[O-])cc2)cc1. The van der Waals surface area contributed by atoms with Crippen molar-refractivity contribution in [3.8, 4) is 0 Å². The zero-order chi connectivity index (χ0) is 15.2. The van der Waals surface area contributed by atoms with E-state index < -0.39 is 10.8 Å². The van der Waals surface area contributed by atoms with E-state index in [1.165, 1.54) is 12.1 Å². The third kappa shape index (κ3) is 4.04. The Labute approximate surface area is 121 Å². The van der Waals surface area contributed by atoms with Gasteiger partial charge in [-0.25, -0.2) is 0 Å². The van der Waals surface area contributed by atoms with Crippen molar-refractivity contribution < 1.29 is 9.72 Å². The van der Waals surface area contributed by atoms with E-state index in [1.54, 1.807) is 36.4 Å². The molecule has 0 aliphatic rings. The Kier molecular flexibility index (Phi) is 4.50. The highest BCUT2D eigenvalue weighted by Crippen LogP contribution is 2.13. The van der Waals surface area contributed by atoms with Crippen LogP contribution in [0.3, 0.4) is 0 Å². The molecule has 6 nitrogen and oxygen atoms in total. The highest BCUT2D eigenvalue weighted by molar-refractivity contribution is 5.93. The standard InChI is InChI=1S/C15H15N3O3/c16-15(19)12-3-5-13(6-4-12)17-10-9-11-1-7-14(8-2-11)18(20)21/h1-8,17H,9-10H2,(H2,16,19). The Morgan fingerprint density at radius 3 is 2.24 bits per heavy atom. The lowest BCUT2D eigenvalue weighted by Crippen LogP contribution is -2.11. The first-order chi connectivity index (χ1) is 10.1. The number of carbonyl (C=O) groups excluding carboxylic acids is 1. The summed E-state index contributed by atoms with van der Waals surface area (Å²) in [5, 5.41) is 13.8. The molecule has 0 radical (unpaired) electrons. The Hall–Kier alpha value is -2.89. The molecule has 2 rings (SSSR count). The molecule has 6 heteroatoms. The molecule has 2 aromatic rings. The van der Waals surface area contributed by atoms with Gasteiger partial charge in [0.05, 0.1) is 4.92 Å². The predicted molar refractivity (Wildman–Crippen MR) is 80.3 cm³/mol. The number of nitro groups is 1. The summed E-state index contributed by atoms with van der Waals surface area (Å²) in [5.74, 6) is -0.451. The molecule has 3 N–H and O–H groups in total. The number of nitrogens with one attached hydrogen (secondary N) is 1. The van der Waals surface area contributed by atoms with E-state index in [2.05, 4.69) is 5.32 Å².